The van der Waals surface area contributed by atoms with Gasteiger partial charge in [0.15, 0.2) is 0 Å². The quantitative estimate of drug-likeness (QED) is 0.751. The topological polar surface area (TPSA) is 43.9 Å². The van der Waals surface area contributed by atoms with Gasteiger partial charge in [-0.05, 0) is 43.4 Å². The van der Waals surface area contributed by atoms with Crippen LogP contribution in [-0.4, -0.2) is 72.3 Å². The highest BCUT2D eigenvalue weighted by atomic mass is 19.1. The number of hydrogen-bond acceptors (Lipinski definition) is 3. The largest absolute Gasteiger partial charge is 0.344 e. The molecule has 1 aromatic carbocycles. The molecule has 1 saturated carbocycles. The SMILES string of the molecule is CCCN(C)C(=O)[C@H](C1CCCC1)N1CCN(C(=O)c2cccc(F)c2)CC1. The van der Waals surface area contributed by atoms with Gasteiger partial charge in [-0.25, -0.2) is 4.39 Å². The zero-order valence-corrected chi connectivity index (χ0v) is 17.1. The van der Waals surface area contributed by atoms with E-state index in [0.717, 1.165) is 25.8 Å². The third-order valence-electron chi connectivity index (χ3n) is 6.10. The second-order valence-corrected chi connectivity index (χ2v) is 8.09. The lowest BCUT2D eigenvalue weighted by atomic mass is 9.94. The fraction of sp³-hybridized carbons (Fsp3) is 0.636. The monoisotopic (exact) mass is 389 g/mol. The van der Waals surface area contributed by atoms with Crippen molar-refractivity contribution in [2.24, 2.45) is 5.92 Å². The molecule has 0 aromatic heterocycles. The molecule has 1 aromatic rings. The Hall–Kier alpha value is -1.95. The van der Waals surface area contributed by atoms with E-state index in [4.69, 9.17) is 0 Å². The Morgan fingerprint density at radius 2 is 1.86 bits per heavy atom. The summed E-state index contributed by atoms with van der Waals surface area (Å²) < 4.78 is 13.4. The van der Waals surface area contributed by atoms with Gasteiger partial charge in [0.1, 0.15) is 5.82 Å². The summed E-state index contributed by atoms with van der Waals surface area (Å²) >= 11 is 0. The fourth-order valence-electron chi connectivity index (χ4n) is 4.61. The van der Waals surface area contributed by atoms with E-state index in [1.54, 1.807) is 17.0 Å². The minimum Gasteiger partial charge on any atom is -0.344 e. The van der Waals surface area contributed by atoms with Crippen LogP contribution >= 0.6 is 0 Å². The lowest BCUT2D eigenvalue weighted by molar-refractivity contribution is -0.138. The van der Waals surface area contributed by atoms with Gasteiger partial charge in [-0.15, -0.1) is 0 Å². The summed E-state index contributed by atoms with van der Waals surface area (Å²) in [6, 6.07) is 5.78. The molecule has 28 heavy (non-hydrogen) atoms. The number of amides is 2. The maximum atomic E-state index is 13.4. The number of carbonyl (C=O) groups is 2. The summed E-state index contributed by atoms with van der Waals surface area (Å²) in [5, 5.41) is 0. The molecule has 1 atom stereocenters. The Balaban J connectivity index is 1.66. The Labute approximate surface area is 167 Å². The second kappa shape index (κ2) is 9.50. The molecule has 2 amide bonds. The maximum absolute atomic E-state index is 13.4. The molecular weight excluding hydrogens is 357 g/mol. The molecule has 0 unspecified atom stereocenters. The first-order valence-corrected chi connectivity index (χ1v) is 10.5. The lowest BCUT2D eigenvalue weighted by Gasteiger charge is -2.42. The number of carbonyl (C=O) groups excluding carboxylic acids is 2. The highest BCUT2D eigenvalue weighted by Gasteiger charge is 2.38. The van der Waals surface area contributed by atoms with Gasteiger partial charge in [-0.3, -0.25) is 14.5 Å². The van der Waals surface area contributed by atoms with Crippen LogP contribution in [0.4, 0.5) is 4.39 Å². The smallest absolute Gasteiger partial charge is 0.254 e. The molecule has 1 heterocycles. The average Bonchev–Trinajstić information content (AvgIpc) is 3.22. The van der Waals surface area contributed by atoms with Crippen molar-refractivity contribution in [3.05, 3.63) is 35.6 Å². The standard InChI is InChI=1S/C22H32FN3O2/c1-3-11-24(2)22(28)20(17-7-4-5-8-17)25-12-14-26(15-13-25)21(27)18-9-6-10-19(23)16-18/h6,9-10,16-17,20H,3-5,7-8,11-15H2,1-2H3/t20-/m0/s1. The predicted octanol–water partition coefficient (Wildman–Crippen LogP) is 3.01. The summed E-state index contributed by atoms with van der Waals surface area (Å²) in [4.78, 5) is 31.8. The molecule has 0 bridgehead atoms. The second-order valence-electron chi connectivity index (χ2n) is 8.09. The molecule has 6 heteroatoms. The number of piperazine rings is 1. The van der Waals surface area contributed by atoms with Crippen LogP contribution in [0.15, 0.2) is 24.3 Å². The molecule has 0 N–H and O–H groups in total. The first-order chi connectivity index (χ1) is 13.5. The van der Waals surface area contributed by atoms with Crippen molar-refractivity contribution in [2.45, 2.75) is 45.1 Å². The van der Waals surface area contributed by atoms with E-state index in [0.29, 0.717) is 37.7 Å². The highest BCUT2D eigenvalue weighted by Crippen LogP contribution is 2.32. The summed E-state index contributed by atoms with van der Waals surface area (Å²) in [6.45, 7) is 5.39. The molecule has 2 aliphatic rings. The van der Waals surface area contributed by atoms with E-state index in [9.17, 15) is 14.0 Å². The summed E-state index contributed by atoms with van der Waals surface area (Å²) in [5.74, 6) is 0.109. The number of benzene rings is 1. The molecule has 2 fully saturated rings. The molecule has 5 nitrogen and oxygen atoms in total. The van der Waals surface area contributed by atoms with Crippen LogP contribution in [0.25, 0.3) is 0 Å². The van der Waals surface area contributed by atoms with Gasteiger partial charge in [-0.2, -0.15) is 0 Å². The van der Waals surface area contributed by atoms with Gasteiger partial charge in [0.05, 0.1) is 6.04 Å². The predicted molar refractivity (Wildman–Crippen MR) is 108 cm³/mol. The minimum absolute atomic E-state index is 0.0783. The summed E-state index contributed by atoms with van der Waals surface area (Å²) in [7, 11) is 1.90. The molecule has 0 radical (unpaired) electrons. The van der Waals surface area contributed by atoms with E-state index < -0.39 is 5.82 Å². The Kier molecular flexibility index (Phi) is 7.05. The minimum atomic E-state index is -0.393. The zero-order valence-electron chi connectivity index (χ0n) is 17.1. The van der Waals surface area contributed by atoms with Crippen LogP contribution in [0.5, 0.6) is 0 Å². The van der Waals surface area contributed by atoms with Gasteiger partial charge in [0, 0.05) is 45.3 Å². The van der Waals surface area contributed by atoms with Crippen molar-refractivity contribution in [2.75, 3.05) is 39.8 Å². The van der Waals surface area contributed by atoms with Gasteiger partial charge in [-0.1, -0.05) is 25.8 Å². The number of hydrogen-bond donors (Lipinski definition) is 0. The maximum Gasteiger partial charge on any atom is 0.254 e. The van der Waals surface area contributed by atoms with Gasteiger partial charge < -0.3 is 9.80 Å². The van der Waals surface area contributed by atoms with Crippen LogP contribution in [-0.2, 0) is 4.79 Å². The first-order valence-electron chi connectivity index (χ1n) is 10.5. The number of rotatable bonds is 6. The molecule has 154 valence electrons. The molecule has 1 aliphatic carbocycles. The number of likely N-dealkylation sites (N-methyl/N-ethyl adjacent to an activating group) is 1. The Morgan fingerprint density at radius 1 is 1.18 bits per heavy atom. The molecule has 1 saturated heterocycles. The van der Waals surface area contributed by atoms with Crippen LogP contribution < -0.4 is 0 Å². The summed E-state index contributed by atoms with van der Waals surface area (Å²) in [5.41, 5.74) is 0.388. The van der Waals surface area contributed by atoms with Crippen molar-refractivity contribution in [3.8, 4) is 0 Å². The van der Waals surface area contributed by atoms with E-state index in [2.05, 4.69) is 11.8 Å². The number of halogens is 1. The van der Waals surface area contributed by atoms with Crippen LogP contribution in [0, 0.1) is 11.7 Å². The van der Waals surface area contributed by atoms with Crippen molar-refractivity contribution < 1.29 is 14.0 Å². The van der Waals surface area contributed by atoms with Crippen molar-refractivity contribution in [3.63, 3.8) is 0 Å². The van der Waals surface area contributed by atoms with E-state index in [1.165, 1.54) is 25.0 Å². The fourth-order valence-corrected chi connectivity index (χ4v) is 4.61. The van der Waals surface area contributed by atoms with Crippen LogP contribution in [0.2, 0.25) is 0 Å². The first kappa shape index (κ1) is 20.8. The average molecular weight is 390 g/mol. The molecular formula is C22H32FN3O2. The normalized spacial score (nSPS) is 19.6. The Morgan fingerprint density at radius 3 is 2.46 bits per heavy atom. The van der Waals surface area contributed by atoms with Crippen molar-refractivity contribution in [1.29, 1.82) is 0 Å². The lowest BCUT2D eigenvalue weighted by Crippen LogP contribution is -2.58. The van der Waals surface area contributed by atoms with Crippen LogP contribution in [0.1, 0.15) is 49.4 Å². The van der Waals surface area contributed by atoms with Gasteiger partial charge in [0.25, 0.3) is 5.91 Å². The zero-order chi connectivity index (χ0) is 20.1. The Bertz CT molecular complexity index is 682. The molecule has 1 aliphatic heterocycles. The van der Waals surface area contributed by atoms with E-state index in [1.807, 2.05) is 11.9 Å². The molecule has 0 spiro atoms. The van der Waals surface area contributed by atoms with Crippen molar-refractivity contribution in [1.82, 2.24) is 14.7 Å². The summed E-state index contributed by atoms with van der Waals surface area (Å²) in [6.07, 6.45) is 5.57. The molecule has 3 rings (SSSR count). The van der Waals surface area contributed by atoms with Gasteiger partial charge in [0.2, 0.25) is 5.91 Å². The van der Waals surface area contributed by atoms with E-state index >= 15 is 0 Å². The van der Waals surface area contributed by atoms with Crippen molar-refractivity contribution >= 4 is 11.8 Å². The highest BCUT2D eigenvalue weighted by molar-refractivity contribution is 5.94. The third kappa shape index (κ3) is 4.72. The third-order valence-corrected chi connectivity index (χ3v) is 6.10. The number of nitrogens with zero attached hydrogens (tertiary/aromatic N) is 3. The van der Waals surface area contributed by atoms with Gasteiger partial charge >= 0.3 is 0 Å². The van der Waals surface area contributed by atoms with E-state index in [-0.39, 0.29) is 17.9 Å². The van der Waals surface area contributed by atoms with Crippen LogP contribution in [0.3, 0.4) is 0 Å².